The lowest BCUT2D eigenvalue weighted by molar-refractivity contribution is 0.229. The predicted molar refractivity (Wildman–Crippen MR) is 82.4 cm³/mol. The molecule has 0 aromatic heterocycles. The Labute approximate surface area is 117 Å². The Balaban J connectivity index is 1.73. The third kappa shape index (κ3) is 3.88. The summed E-state index contributed by atoms with van der Waals surface area (Å²) in [7, 11) is 2.30. The van der Waals surface area contributed by atoms with Gasteiger partial charge in [0, 0.05) is 24.7 Å². The van der Waals surface area contributed by atoms with Crippen LogP contribution >= 0.6 is 11.8 Å². The van der Waals surface area contributed by atoms with Crippen molar-refractivity contribution in [2.75, 3.05) is 25.6 Å². The molecule has 2 aliphatic rings. The summed E-state index contributed by atoms with van der Waals surface area (Å²) in [4.78, 5) is 2.56. The molecule has 1 aliphatic carbocycles. The minimum Gasteiger partial charge on any atom is -0.310 e. The van der Waals surface area contributed by atoms with Gasteiger partial charge in [0.25, 0.3) is 0 Å². The smallest absolute Gasteiger partial charge is 0.0200 e. The molecule has 1 saturated carbocycles. The second kappa shape index (κ2) is 7.16. The molecule has 1 saturated heterocycles. The van der Waals surface area contributed by atoms with Crippen molar-refractivity contribution < 1.29 is 0 Å². The molecule has 18 heavy (non-hydrogen) atoms. The van der Waals surface area contributed by atoms with Crippen LogP contribution in [0.3, 0.4) is 0 Å². The van der Waals surface area contributed by atoms with Crippen LogP contribution in [0.4, 0.5) is 0 Å². The summed E-state index contributed by atoms with van der Waals surface area (Å²) in [5, 5.41) is 3.89. The Kier molecular flexibility index (Phi) is 5.84. The second-order valence-corrected chi connectivity index (χ2v) is 7.31. The minimum atomic E-state index is 0.724. The zero-order valence-corrected chi connectivity index (χ0v) is 13.1. The number of hydrogen-bond acceptors (Lipinski definition) is 3. The van der Waals surface area contributed by atoms with Crippen molar-refractivity contribution in [2.45, 2.75) is 63.6 Å². The number of likely N-dealkylation sites (N-methyl/N-ethyl adjacent to an activating group) is 1. The van der Waals surface area contributed by atoms with Crippen molar-refractivity contribution in [1.29, 1.82) is 0 Å². The van der Waals surface area contributed by atoms with Gasteiger partial charge in [0.15, 0.2) is 0 Å². The van der Waals surface area contributed by atoms with Gasteiger partial charge in [0.2, 0.25) is 0 Å². The van der Waals surface area contributed by atoms with Gasteiger partial charge in [-0.05, 0) is 57.6 Å². The standard InChI is InChI=1S/C15H30N2S/c1-12(8-9-18-3)17(2)11-14-10-13-6-4-5-7-15(13)16-14/h12-16H,4-11H2,1-3H3. The van der Waals surface area contributed by atoms with Crippen LogP contribution in [0.15, 0.2) is 0 Å². The van der Waals surface area contributed by atoms with Gasteiger partial charge in [-0.25, -0.2) is 0 Å². The van der Waals surface area contributed by atoms with Crippen molar-refractivity contribution in [2.24, 2.45) is 5.92 Å². The third-order valence-corrected chi connectivity index (χ3v) is 5.59. The first-order chi connectivity index (χ1) is 8.70. The highest BCUT2D eigenvalue weighted by Crippen LogP contribution is 2.33. The fourth-order valence-corrected chi connectivity index (χ4v) is 4.19. The van der Waals surface area contributed by atoms with Crippen LogP contribution in [0.1, 0.15) is 45.4 Å². The van der Waals surface area contributed by atoms with E-state index in [9.17, 15) is 0 Å². The first-order valence-corrected chi connectivity index (χ1v) is 9.05. The molecule has 0 bridgehead atoms. The molecule has 0 radical (unpaired) electrons. The van der Waals surface area contributed by atoms with E-state index < -0.39 is 0 Å². The van der Waals surface area contributed by atoms with Gasteiger partial charge in [0.1, 0.15) is 0 Å². The molecule has 2 rings (SSSR count). The highest BCUT2D eigenvalue weighted by molar-refractivity contribution is 7.98. The summed E-state index contributed by atoms with van der Waals surface area (Å²) in [6, 6.07) is 2.32. The summed E-state index contributed by atoms with van der Waals surface area (Å²) in [6.07, 6.45) is 10.8. The number of nitrogens with zero attached hydrogens (tertiary/aromatic N) is 1. The minimum absolute atomic E-state index is 0.724. The van der Waals surface area contributed by atoms with Crippen molar-refractivity contribution in [3.63, 3.8) is 0 Å². The Morgan fingerprint density at radius 2 is 2.11 bits per heavy atom. The second-order valence-electron chi connectivity index (χ2n) is 6.32. The van der Waals surface area contributed by atoms with Crippen LogP contribution < -0.4 is 5.32 Å². The molecule has 2 fully saturated rings. The maximum atomic E-state index is 3.89. The van der Waals surface area contributed by atoms with E-state index >= 15 is 0 Å². The zero-order chi connectivity index (χ0) is 13.0. The average molecular weight is 270 g/mol. The third-order valence-electron chi connectivity index (χ3n) is 4.95. The van der Waals surface area contributed by atoms with Crippen LogP contribution in [-0.2, 0) is 0 Å². The van der Waals surface area contributed by atoms with Crippen LogP contribution in [0, 0.1) is 5.92 Å². The van der Waals surface area contributed by atoms with Crippen LogP contribution in [0.25, 0.3) is 0 Å². The average Bonchev–Trinajstić information content (AvgIpc) is 2.77. The fraction of sp³-hybridized carbons (Fsp3) is 1.00. The molecule has 4 atom stereocenters. The fourth-order valence-electron chi connectivity index (χ4n) is 3.61. The van der Waals surface area contributed by atoms with E-state index in [4.69, 9.17) is 0 Å². The van der Waals surface area contributed by atoms with E-state index in [-0.39, 0.29) is 0 Å². The number of nitrogens with one attached hydrogen (secondary N) is 1. The maximum absolute atomic E-state index is 3.89. The topological polar surface area (TPSA) is 15.3 Å². The van der Waals surface area contributed by atoms with E-state index in [2.05, 4.69) is 30.4 Å². The molecule has 4 unspecified atom stereocenters. The molecule has 0 aromatic carbocycles. The summed E-state index contributed by atoms with van der Waals surface area (Å²) in [5.74, 6) is 2.27. The zero-order valence-electron chi connectivity index (χ0n) is 12.3. The summed E-state index contributed by atoms with van der Waals surface area (Å²) >= 11 is 1.96. The molecule has 1 N–H and O–H groups in total. The van der Waals surface area contributed by atoms with Crippen molar-refractivity contribution in [1.82, 2.24) is 10.2 Å². The molecule has 1 aliphatic heterocycles. The normalized spacial score (nSPS) is 33.7. The SMILES string of the molecule is CSCCC(C)N(C)CC1CC2CCCCC2N1. The number of thioether (sulfide) groups is 1. The van der Waals surface area contributed by atoms with E-state index in [1.807, 2.05) is 11.8 Å². The Bertz CT molecular complexity index is 233. The van der Waals surface area contributed by atoms with Crippen molar-refractivity contribution >= 4 is 11.8 Å². The van der Waals surface area contributed by atoms with E-state index in [1.54, 1.807) is 0 Å². The first kappa shape index (κ1) is 14.7. The van der Waals surface area contributed by atoms with Crippen molar-refractivity contribution in [3.8, 4) is 0 Å². The van der Waals surface area contributed by atoms with Crippen molar-refractivity contribution in [3.05, 3.63) is 0 Å². The molecule has 106 valence electrons. The lowest BCUT2D eigenvalue weighted by Crippen LogP contribution is -2.42. The molecular formula is C15H30N2S. The van der Waals surface area contributed by atoms with Crippen LogP contribution in [-0.4, -0.2) is 48.6 Å². The highest BCUT2D eigenvalue weighted by atomic mass is 32.2. The quantitative estimate of drug-likeness (QED) is 0.799. The maximum Gasteiger partial charge on any atom is 0.0200 e. The van der Waals surface area contributed by atoms with Gasteiger partial charge in [-0.15, -0.1) is 0 Å². The summed E-state index contributed by atoms with van der Waals surface area (Å²) < 4.78 is 0. The molecule has 0 amide bonds. The van der Waals surface area contributed by atoms with E-state index in [0.29, 0.717) is 0 Å². The van der Waals surface area contributed by atoms with E-state index in [1.165, 1.54) is 50.8 Å². The Morgan fingerprint density at radius 1 is 1.33 bits per heavy atom. The summed E-state index contributed by atoms with van der Waals surface area (Å²) in [6.45, 7) is 3.61. The van der Waals surface area contributed by atoms with Crippen LogP contribution in [0.2, 0.25) is 0 Å². The predicted octanol–water partition coefficient (Wildman–Crippen LogP) is 2.98. The molecule has 0 spiro atoms. The Morgan fingerprint density at radius 3 is 2.83 bits per heavy atom. The molecule has 0 aromatic rings. The van der Waals surface area contributed by atoms with Gasteiger partial charge < -0.3 is 10.2 Å². The summed E-state index contributed by atoms with van der Waals surface area (Å²) in [5.41, 5.74) is 0. The van der Waals surface area contributed by atoms with Gasteiger partial charge in [0.05, 0.1) is 0 Å². The monoisotopic (exact) mass is 270 g/mol. The van der Waals surface area contributed by atoms with Gasteiger partial charge in [-0.3, -0.25) is 0 Å². The van der Waals surface area contributed by atoms with Gasteiger partial charge in [-0.1, -0.05) is 12.8 Å². The van der Waals surface area contributed by atoms with Gasteiger partial charge in [-0.2, -0.15) is 11.8 Å². The van der Waals surface area contributed by atoms with Crippen LogP contribution in [0.5, 0.6) is 0 Å². The lowest BCUT2D eigenvalue weighted by Gasteiger charge is -2.28. The first-order valence-electron chi connectivity index (χ1n) is 7.66. The molecule has 2 nitrogen and oxygen atoms in total. The number of rotatable bonds is 6. The lowest BCUT2D eigenvalue weighted by atomic mass is 9.85. The molecule has 3 heteroatoms. The number of fused-ring (bicyclic) bond motifs is 1. The highest BCUT2D eigenvalue weighted by Gasteiger charge is 2.35. The van der Waals surface area contributed by atoms with Gasteiger partial charge >= 0.3 is 0 Å². The van der Waals surface area contributed by atoms with E-state index in [0.717, 1.165) is 24.0 Å². The Hall–Kier alpha value is 0.270. The largest absolute Gasteiger partial charge is 0.310 e. The molecule has 1 heterocycles. The number of hydrogen-bond donors (Lipinski definition) is 1. The molecular weight excluding hydrogens is 240 g/mol.